The van der Waals surface area contributed by atoms with Gasteiger partial charge >= 0.3 is 5.97 Å². The number of carboxylic acids is 1. The molecule has 2 rings (SSSR count). The SMILES string of the molecule is O=C(O)[C@@H](Cc1ccc(O)cc1)NS(=O)(=O)CC1CC1. The summed E-state index contributed by atoms with van der Waals surface area (Å²) in [4.78, 5) is 11.2. The topological polar surface area (TPSA) is 104 Å². The molecule has 1 aliphatic carbocycles. The van der Waals surface area contributed by atoms with Crippen molar-refractivity contribution in [1.82, 2.24) is 4.72 Å². The van der Waals surface area contributed by atoms with Gasteiger partial charge in [-0.25, -0.2) is 13.1 Å². The highest BCUT2D eigenvalue weighted by Crippen LogP contribution is 2.30. The first-order valence-corrected chi connectivity index (χ1v) is 8.01. The summed E-state index contributed by atoms with van der Waals surface area (Å²) in [5.74, 6) is -0.977. The van der Waals surface area contributed by atoms with Gasteiger partial charge in [-0.15, -0.1) is 0 Å². The van der Waals surface area contributed by atoms with Crippen LogP contribution in [0.3, 0.4) is 0 Å². The normalized spacial score (nSPS) is 16.8. The molecule has 6 nitrogen and oxygen atoms in total. The summed E-state index contributed by atoms with van der Waals surface area (Å²) in [6.45, 7) is 0. The number of rotatable bonds is 7. The fraction of sp³-hybridized carbons (Fsp3) is 0.462. The number of sulfonamides is 1. The largest absolute Gasteiger partial charge is 0.508 e. The lowest BCUT2D eigenvalue weighted by Crippen LogP contribution is -2.43. The summed E-state index contributed by atoms with van der Waals surface area (Å²) < 4.78 is 25.9. The average Bonchev–Trinajstić information content (AvgIpc) is 3.14. The van der Waals surface area contributed by atoms with E-state index >= 15 is 0 Å². The number of phenols is 1. The number of carboxylic acid groups (broad SMARTS) is 1. The Balaban J connectivity index is 2.03. The molecule has 0 amide bonds. The van der Waals surface area contributed by atoms with Crippen LogP contribution in [0.2, 0.25) is 0 Å². The van der Waals surface area contributed by atoms with E-state index in [2.05, 4.69) is 4.72 Å². The van der Waals surface area contributed by atoms with Crippen LogP contribution in [0.5, 0.6) is 5.75 Å². The van der Waals surface area contributed by atoms with Crippen molar-refractivity contribution < 1.29 is 23.4 Å². The number of carbonyl (C=O) groups is 1. The van der Waals surface area contributed by atoms with Crippen LogP contribution >= 0.6 is 0 Å². The minimum Gasteiger partial charge on any atom is -0.508 e. The van der Waals surface area contributed by atoms with Crippen molar-refractivity contribution in [2.24, 2.45) is 5.92 Å². The Kier molecular flexibility index (Phi) is 4.29. The van der Waals surface area contributed by atoms with Crippen molar-refractivity contribution in [2.45, 2.75) is 25.3 Å². The number of hydrogen-bond donors (Lipinski definition) is 3. The molecule has 0 radical (unpaired) electrons. The third-order valence-electron chi connectivity index (χ3n) is 3.15. The van der Waals surface area contributed by atoms with Gasteiger partial charge in [0.25, 0.3) is 0 Å². The lowest BCUT2D eigenvalue weighted by atomic mass is 10.1. The van der Waals surface area contributed by atoms with Crippen molar-refractivity contribution in [3.05, 3.63) is 29.8 Å². The van der Waals surface area contributed by atoms with Gasteiger partial charge in [0.15, 0.2) is 0 Å². The highest BCUT2D eigenvalue weighted by atomic mass is 32.2. The standard InChI is InChI=1S/C13H17NO5S/c15-11-5-3-9(4-6-11)7-12(13(16)17)14-20(18,19)8-10-1-2-10/h3-6,10,12,14-15H,1-2,7-8H2,(H,16,17)/t12-/m1/s1. The summed E-state index contributed by atoms with van der Waals surface area (Å²) in [7, 11) is -3.57. The van der Waals surface area contributed by atoms with E-state index in [-0.39, 0.29) is 23.8 Å². The number of benzene rings is 1. The average molecular weight is 299 g/mol. The first-order valence-electron chi connectivity index (χ1n) is 6.36. The molecule has 7 heteroatoms. The number of aromatic hydroxyl groups is 1. The Bertz CT molecular complexity index is 577. The molecule has 1 fully saturated rings. The fourth-order valence-corrected chi connectivity index (χ4v) is 3.57. The lowest BCUT2D eigenvalue weighted by molar-refractivity contribution is -0.138. The Morgan fingerprint density at radius 2 is 1.90 bits per heavy atom. The molecule has 20 heavy (non-hydrogen) atoms. The zero-order chi connectivity index (χ0) is 14.8. The molecule has 0 unspecified atom stereocenters. The molecule has 0 aliphatic heterocycles. The molecule has 1 saturated carbocycles. The van der Waals surface area contributed by atoms with Gasteiger partial charge in [-0.3, -0.25) is 4.79 Å². The van der Waals surface area contributed by atoms with Gasteiger partial charge < -0.3 is 10.2 Å². The van der Waals surface area contributed by atoms with Gasteiger partial charge in [0, 0.05) is 0 Å². The van der Waals surface area contributed by atoms with Gasteiger partial charge in [-0.05, 0) is 42.9 Å². The van der Waals surface area contributed by atoms with Crippen LogP contribution in [0.4, 0.5) is 0 Å². The van der Waals surface area contributed by atoms with Crippen molar-refractivity contribution >= 4 is 16.0 Å². The summed E-state index contributed by atoms with van der Waals surface area (Å²) in [5.41, 5.74) is 0.643. The maximum Gasteiger partial charge on any atom is 0.322 e. The maximum absolute atomic E-state index is 11.8. The summed E-state index contributed by atoms with van der Waals surface area (Å²) >= 11 is 0. The van der Waals surface area contributed by atoms with Crippen LogP contribution in [0, 0.1) is 5.92 Å². The zero-order valence-electron chi connectivity index (χ0n) is 10.8. The summed E-state index contributed by atoms with van der Waals surface area (Å²) in [5, 5.41) is 18.3. The smallest absolute Gasteiger partial charge is 0.322 e. The zero-order valence-corrected chi connectivity index (χ0v) is 11.6. The second kappa shape index (κ2) is 5.80. The van der Waals surface area contributed by atoms with Crippen LogP contribution in [-0.2, 0) is 21.2 Å². The quantitative estimate of drug-likeness (QED) is 0.688. The maximum atomic E-state index is 11.8. The molecule has 1 aromatic carbocycles. The van der Waals surface area contributed by atoms with Crippen LogP contribution in [0.15, 0.2) is 24.3 Å². The van der Waals surface area contributed by atoms with E-state index in [0.717, 1.165) is 12.8 Å². The van der Waals surface area contributed by atoms with Crippen LogP contribution in [-0.4, -0.2) is 36.4 Å². The van der Waals surface area contributed by atoms with Crippen molar-refractivity contribution in [2.75, 3.05) is 5.75 Å². The Morgan fingerprint density at radius 1 is 1.30 bits per heavy atom. The molecule has 0 bridgehead atoms. The van der Waals surface area contributed by atoms with Crippen molar-refractivity contribution in [3.63, 3.8) is 0 Å². The van der Waals surface area contributed by atoms with Crippen LogP contribution in [0.25, 0.3) is 0 Å². The third-order valence-corrected chi connectivity index (χ3v) is 4.70. The van der Waals surface area contributed by atoms with Crippen molar-refractivity contribution in [1.29, 1.82) is 0 Å². The van der Waals surface area contributed by atoms with Gasteiger partial charge in [0.2, 0.25) is 10.0 Å². The second-order valence-electron chi connectivity index (χ2n) is 5.10. The Morgan fingerprint density at radius 3 is 2.40 bits per heavy atom. The van der Waals surface area contributed by atoms with Crippen molar-refractivity contribution in [3.8, 4) is 5.75 Å². The highest BCUT2D eigenvalue weighted by molar-refractivity contribution is 7.89. The molecule has 0 saturated heterocycles. The lowest BCUT2D eigenvalue weighted by Gasteiger charge is -2.14. The monoisotopic (exact) mass is 299 g/mol. The number of nitrogens with one attached hydrogen (secondary N) is 1. The van der Waals surface area contributed by atoms with E-state index in [1.165, 1.54) is 12.1 Å². The van der Waals surface area contributed by atoms with Gasteiger partial charge in [-0.2, -0.15) is 0 Å². The Hall–Kier alpha value is -1.60. The van der Waals surface area contributed by atoms with E-state index < -0.39 is 22.0 Å². The predicted molar refractivity (Wildman–Crippen MR) is 72.9 cm³/mol. The third kappa shape index (κ3) is 4.50. The predicted octanol–water partition coefficient (Wildman–Crippen LogP) is 0.717. The van der Waals surface area contributed by atoms with E-state index in [9.17, 15) is 13.2 Å². The van der Waals surface area contributed by atoms with E-state index in [1.807, 2.05) is 0 Å². The molecule has 1 aromatic rings. The second-order valence-corrected chi connectivity index (χ2v) is 6.90. The molecular formula is C13H17NO5S. The Labute approximate surface area is 117 Å². The molecular weight excluding hydrogens is 282 g/mol. The molecule has 1 aliphatic rings. The minimum atomic E-state index is -3.57. The first kappa shape index (κ1) is 14.8. The molecule has 3 N–H and O–H groups in total. The molecule has 1 atom stereocenters. The van der Waals surface area contributed by atoms with Gasteiger partial charge in [-0.1, -0.05) is 12.1 Å². The van der Waals surface area contributed by atoms with E-state index in [0.29, 0.717) is 5.56 Å². The summed E-state index contributed by atoms with van der Waals surface area (Å²) in [6.07, 6.45) is 1.81. The first-order chi connectivity index (χ1) is 9.35. The number of aliphatic carboxylic acids is 1. The summed E-state index contributed by atoms with van der Waals surface area (Å²) in [6, 6.07) is 4.82. The minimum absolute atomic E-state index is 0.00758. The fourth-order valence-electron chi connectivity index (χ4n) is 1.91. The molecule has 0 spiro atoms. The molecule has 0 aromatic heterocycles. The number of phenolic OH excluding ortho intramolecular Hbond substituents is 1. The number of hydrogen-bond acceptors (Lipinski definition) is 4. The van der Waals surface area contributed by atoms with Gasteiger partial charge in [0.05, 0.1) is 5.75 Å². The van der Waals surface area contributed by atoms with Crippen LogP contribution < -0.4 is 4.72 Å². The molecule has 0 heterocycles. The highest BCUT2D eigenvalue weighted by Gasteiger charge is 2.31. The van der Waals surface area contributed by atoms with E-state index in [4.69, 9.17) is 10.2 Å². The molecule has 110 valence electrons. The van der Waals surface area contributed by atoms with Crippen LogP contribution in [0.1, 0.15) is 18.4 Å². The van der Waals surface area contributed by atoms with E-state index in [1.54, 1.807) is 12.1 Å². The van der Waals surface area contributed by atoms with Gasteiger partial charge in [0.1, 0.15) is 11.8 Å².